The summed E-state index contributed by atoms with van der Waals surface area (Å²) in [5.41, 5.74) is 0.217. The lowest BCUT2D eigenvalue weighted by molar-refractivity contribution is -0.132. The number of rotatable bonds is 6. The van der Waals surface area contributed by atoms with Gasteiger partial charge in [-0.3, -0.25) is 24.5 Å². The number of carbonyl (C=O) groups excluding carboxylic acids is 3. The van der Waals surface area contributed by atoms with Gasteiger partial charge in [-0.05, 0) is 30.7 Å². The molecular weight excluding hydrogens is 434 g/mol. The van der Waals surface area contributed by atoms with E-state index in [1.54, 1.807) is 33.4 Å². The van der Waals surface area contributed by atoms with E-state index in [-0.39, 0.29) is 23.8 Å². The molecule has 11 heteroatoms. The van der Waals surface area contributed by atoms with Gasteiger partial charge in [0.2, 0.25) is 5.91 Å². The van der Waals surface area contributed by atoms with E-state index in [2.05, 4.69) is 15.3 Å². The molecule has 3 amide bonds. The van der Waals surface area contributed by atoms with Crippen molar-refractivity contribution in [3.05, 3.63) is 69.5 Å². The molecule has 0 aliphatic carbocycles. The molecular formula is C21H21N5O5S. The SMILES string of the molecule is O=C(Nc1nc(CCC(=O)N2CCN(C(=O)c3ccco3)CC2)cs1)c1ccc[nH]c1=O. The van der Waals surface area contributed by atoms with Crippen LogP contribution in [0.2, 0.25) is 0 Å². The number of carbonyl (C=O) groups is 3. The number of furan rings is 1. The summed E-state index contributed by atoms with van der Waals surface area (Å²) >= 11 is 1.23. The minimum atomic E-state index is -0.536. The average molecular weight is 455 g/mol. The number of anilines is 1. The molecule has 0 aromatic carbocycles. The van der Waals surface area contributed by atoms with E-state index >= 15 is 0 Å². The molecule has 0 bridgehead atoms. The van der Waals surface area contributed by atoms with E-state index in [9.17, 15) is 19.2 Å². The molecule has 0 radical (unpaired) electrons. The minimum absolute atomic E-state index is 0.00380. The minimum Gasteiger partial charge on any atom is -0.459 e. The standard InChI is InChI=1S/C21H21N5O5S/c27-17(25-8-10-26(11-9-25)20(30)16-4-2-12-31-16)6-5-14-13-32-21(23-14)24-19(29)15-3-1-7-22-18(15)28/h1-4,7,12-13H,5-6,8-11H2,(H,22,28)(H,23,24,29). The lowest BCUT2D eigenvalue weighted by atomic mass is 10.2. The molecule has 0 saturated carbocycles. The first-order valence-electron chi connectivity index (χ1n) is 10.1. The molecule has 10 nitrogen and oxygen atoms in total. The van der Waals surface area contributed by atoms with Crippen LogP contribution in [0.15, 0.2) is 51.3 Å². The lowest BCUT2D eigenvalue weighted by Gasteiger charge is -2.34. The van der Waals surface area contributed by atoms with Crippen LogP contribution in [-0.2, 0) is 11.2 Å². The van der Waals surface area contributed by atoms with Crippen LogP contribution in [0.1, 0.15) is 33.0 Å². The first kappa shape index (κ1) is 21.5. The van der Waals surface area contributed by atoms with Gasteiger partial charge in [-0.2, -0.15) is 0 Å². The molecule has 1 aliphatic heterocycles. The second kappa shape index (κ2) is 9.60. The van der Waals surface area contributed by atoms with Gasteiger partial charge in [-0.1, -0.05) is 0 Å². The summed E-state index contributed by atoms with van der Waals surface area (Å²) in [4.78, 5) is 59.0. The summed E-state index contributed by atoms with van der Waals surface area (Å²) < 4.78 is 5.15. The Balaban J connectivity index is 1.24. The van der Waals surface area contributed by atoms with Crippen LogP contribution in [0, 0.1) is 0 Å². The van der Waals surface area contributed by atoms with E-state index in [0.29, 0.717) is 49.2 Å². The van der Waals surface area contributed by atoms with Crippen molar-refractivity contribution in [2.75, 3.05) is 31.5 Å². The van der Waals surface area contributed by atoms with Crippen molar-refractivity contribution in [3.63, 3.8) is 0 Å². The maximum Gasteiger partial charge on any atom is 0.289 e. The highest BCUT2D eigenvalue weighted by atomic mass is 32.1. The Morgan fingerprint density at radius 3 is 2.62 bits per heavy atom. The molecule has 1 aliphatic rings. The van der Waals surface area contributed by atoms with Crippen LogP contribution in [-0.4, -0.2) is 63.7 Å². The van der Waals surface area contributed by atoms with E-state index in [4.69, 9.17) is 4.42 Å². The Morgan fingerprint density at radius 1 is 1.12 bits per heavy atom. The summed E-state index contributed by atoms with van der Waals surface area (Å²) in [6.45, 7) is 1.85. The molecule has 4 heterocycles. The fourth-order valence-electron chi connectivity index (χ4n) is 3.35. The summed E-state index contributed by atoms with van der Waals surface area (Å²) in [6.07, 6.45) is 3.63. The number of H-pyrrole nitrogens is 1. The Hall–Kier alpha value is -3.73. The van der Waals surface area contributed by atoms with Gasteiger partial charge in [0.25, 0.3) is 17.4 Å². The van der Waals surface area contributed by atoms with Gasteiger partial charge in [-0.15, -0.1) is 11.3 Å². The summed E-state index contributed by atoms with van der Waals surface area (Å²) in [6, 6.07) is 6.30. The van der Waals surface area contributed by atoms with Gasteiger partial charge >= 0.3 is 0 Å². The maximum absolute atomic E-state index is 12.6. The van der Waals surface area contributed by atoms with Gasteiger partial charge in [0.1, 0.15) is 5.56 Å². The van der Waals surface area contributed by atoms with E-state index in [1.165, 1.54) is 29.9 Å². The van der Waals surface area contributed by atoms with Crippen molar-refractivity contribution >= 4 is 34.2 Å². The number of hydrogen-bond donors (Lipinski definition) is 2. The molecule has 0 atom stereocenters. The van der Waals surface area contributed by atoms with Crippen molar-refractivity contribution in [2.24, 2.45) is 0 Å². The molecule has 32 heavy (non-hydrogen) atoms. The van der Waals surface area contributed by atoms with Gasteiger partial charge in [0, 0.05) is 44.2 Å². The molecule has 0 unspecified atom stereocenters. The average Bonchev–Trinajstić information content (AvgIpc) is 3.50. The molecule has 0 spiro atoms. The number of hydrogen-bond acceptors (Lipinski definition) is 7. The van der Waals surface area contributed by atoms with Crippen LogP contribution in [0.25, 0.3) is 0 Å². The summed E-state index contributed by atoms with van der Waals surface area (Å²) in [5.74, 6) is -0.417. The second-order valence-electron chi connectivity index (χ2n) is 7.16. The maximum atomic E-state index is 12.6. The zero-order valence-corrected chi connectivity index (χ0v) is 17.9. The predicted octanol–water partition coefficient (Wildman–Crippen LogP) is 1.59. The fourth-order valence-corrected chi connectivity index (χ4v) is 4.09. The Morgan fingerprint density at radius 2 is 1.91 bits per heavy atom. The summed E-state index contributed by atoms with van der Waals surface area (Å²) in [5, 5.41) is 4.75. The zero-order valence-electron chi connectivity index (χ0n) is 17.1. The first-order chi connectivity index (χ1) is 15.5. The van der Waals surface area contributed by atoms with E-state index in [1.807, 2.05) is 0 Å². The number of piperazine rings is 1. The third kappa shape index (κ3) is 4.94. The third-order valence-corrected chi connectivity index (χ3v) is 5.89. The van der Waals surface area contributed by atoms with Crippen LogP contribution >= 0.6 is 11.3 Å². The van der Waals surface area contributed by atoms with Crippen molar-refractivity contribution < 1.29 is 18.8 Å². The van der Waals surface area contributed by atoms with Crippen LogP contribution < -0.4 is 10.9 Å². The second-order valence-corrected chi connectivity index (χ2v) is 8.02. The third-order valence-electron chi connectivity index (χ3n) is 5.08. The Labute approximate surface area is 186 Å². The number of aryl methyl sites for hydroxylation is 1. The van der Waals surface area contributed by atoms with Gasteiger partial charge in [0.05, 0.1) is 12.0 Å². The molecule has 2 N–H and O–H groups in total. The molecule has 3 aromatic heterocycles. The predicted molar refractivity (Wildman–Crippen MR) is 117 cm³/mol. The number of pyridine rings is 1. The van der Waals surface area contributed by atoms with Crippen LogP contribution in [0.4, 0.5) is 5.13 Å². The number of amides is 3. The molecule has 1 fully saturated rings. The molecule has 3 aromatic rings. The van der Waals surface area contributed by atoms with Crippen molar-refractivity contribution in [2.45, 2.75) is 12.8 Å². The van der Waals surface area contributed by atoms with Crippen LogP contribution in [0.3, 0.4) is 0 Å². The Bertz CT molecular complexity index is 1160. The number of aromatic nitrogens is 2. The zero-order chi connectivity index (χ0) is 22.5. The van der Waals surface area contributed by atoms with Crippen molar-refractivity contribution in [1.29, 1.82) is 0 Å². The monoisotopic (exact) mass is 455 g/mol. The summed E-state index contributed by atoms with van der Waals surface area (Å²) in [7, 11) is 0. The molecule has 4 rings (SSSR count). The highest BCUT2D eigenvalue weighted by molar-refractivity contribution is 7.14. The molecule has 1 saturated heterocycles. The van der Waals surface area contributed by atoms with E-state index < -0.39 is 11.5 Å². The van der Waals surface area contributed by atoms with E-state index in [0.717, 1.165) is 0 Å². The van der Waals surface area contributed by atoms with Gasteiger partial charge in [0.15, 0.2) is 10.9 Å². The number of aromatic amines is 1. The fraction of sp³-hybridized carbons (Fsp3) is 0.286. The van der Waals surface area contributed by atoms with Gasteiger partial charge in [-0.25, -0.2) is 4.98 Å². The number of nitrogens with zero attached hydrogens (tertiary/aromatic N) is 3. The highest BCUT2D eigenvalue weighted by Gasteiger charge is 2.26. The number of nitrogens with one attached hydrogen (secondary N) is 2. The van der Waals surface area contributed by atoms with Crippen molar-refractivity contribution in [1.82, 2.24) is 19.8 Å². The quantitative estimate of drug-likeness (QED) is 0.581. The highest BCUT2D eigenvalue weighted by Crippen LogP contribution is 2.18. The first-order valence-corrected chi connectivity index (χ1v) is 10.9. The number of thiazole rings is 1. The largest absolute Gasteiger partial charge is 0.459 e. The Kier molecular flexibility index (Phi) is 6.45. The topological polar surface area (TPSA) is 129 Å². The lowest BCUT2D eigenvalue weighted by Crippen LogP contribution is -2.50. The smallest absolute Gasteiger partial charge is 0.289 e. The van der Waals surface area contributed by atoms with Crippen molar-refractivity contribution in [3.8, 4) is 0 Å². The van der Waals surface area contributed by atoms with Crippen LogP contribution in [0.5, 0.6) is 0 Å². The molecule has 166 valence electrons. The van der Waals surface area contributed by atoms with Gasteiger partial charge < -0.3 is 19.2 Å². The normalized spacial score (nSPS) is 13.8.